The third-order valence-corrected chi connectivity index (χ3v) is 4.20. The lowest BCUT2D eigenvalue weighted by molar-refractivity contribution is 0.585. The van der Waals surface area contributed by atoms with Crippen molar-refractivity contribution in [2.24, 2.45) is 0 Å². The van der Waals surface area contributed by atoms with E-state index in [1.54, 1.807) is 18.5 Å². The van der Waals surface area contributed by atoms with E-state index < -0.39 is 11.6 Å². The fourth-order valence-corrected chi connectivity index (χ4v) is 2.95. The van der Waals surface area contributed by atoms with Crippen LogP contribution >= 0.6 is 0 Å². The summed E-state index contributed by atoms with van der Waals surface area (Å²) in [4.78, 5) is 13.3. The molecule has 2 aromatic carbocycles. The molecule has 2 heterocycles. The molecule has 0 saturated carbocycles. The molecule has 0 radical (unpaired) electrons. The van der Waals surface area contributed by atoms with Crippen molar-refractivity contribution in [2.45, 2.75) is 6.92 Å². The quantitative estimate of drug-likeness (QED) is 0.551. The van der Waals surface area contributed by atoms with E-state index in [4.69, 9.17) is 0 Å². The first-order valence-electron chi connectivity index (χ1n) is 8.57. The predicted molar refractivity (Wildman–Crippen MR) is 102 cm³/mol. The summed E-state index contributed by atoms with van der Waals surface area (Å²) in [6.07, 6.45) is 3.40. The van der Waals surface area contributed by atoms with Crippen LogP contribution in [0.2, 0.25) is 0 Å². The molecular formula is C21H16F2N4. The number of anilines is 1. The second kappa shape index (κ2) is 7.07. The summed E-state index contributed by atoms with van der Waals surface area (Å²) in [5.74, 6) is 0.0139. The van der Waals surface area contributed by atoms with E-state index in [1.807, 2.05) is 31.2 Å². The minimum Gasteiger partial charge on any atom is -0.370 e. The average Bonchev–Trinajstić information content (AvgIpc) is 2.68. The van der Waals surface area contributed by atoms with Crippen molar-refractivity contribution in [1.29, 1.82) is 0 Å². The van der Waals surface area contributed by atoms with Crippen LogP contribution in [0.4, 0.5) is 14.6 Å². The van der Waals surface area contributed by atoms with Crippen LogP contribution in [0.25, 0.3) is 33.4 Å². The molecule has 1 N–H and O–H groups in total. The zero-order valence-electron chi connectivity index (χ0n) is 14.6. The minimum absolute atomic E-state index is 0.331. The van der Waals surface area contributed by atoms with Crippen molar-refractivity contribution >= 4 is 16.7 Å². The number of rotatable bonds is 4. The Hall–Kier alpha value is -3.41. The summed E-state index contributed by atoms with van der Waals surface area (Å²) >= 11 is 0. The zero-order valence-corrected chi connectivity index (χ0v) is 14.6. The van der Waals surface area contributed by atoms with Crippen molar-refractivity contribution in [2.75, 3.05) is 11.9 Å². The molecule has 0 aliphatic rings. The van der Waals surface area contributed by atoms with Gasteiger partial charge in [0, 0.05) is 41.5 Å². The smallest absolute Gasteiger partial charge is 0.163 e. The lowest BCUT2D eigenvalue weighted by Gasteiger charge is -2.11. The molecule has 6 heteroatoms. The standard InChI is InChI=1S/C21H16F2N4/c1-2-25-21-17-10-13(16-7-6-15(22)11-18(16)23)5-8-19(17)26-20(27-21)14-4-3-9-24-12-14/h3-12H,2H2,1H3,(H,25,26,27). The van der Waals surface area contributed by atoms with Gasteiger partial charge in [-0.3, -0.25) is 4.98 Å². The minimum atomic E-state index is -0.604. The van der Waals surface area contributed by atoms with E-state index >= 15 is 0 Å². The van der Waals surface area contributed by atoms with E-state index in [1.165, 1.54) is 12.1 Å². The molecule has 4 rings (SSSR count). The van der Waals surface area contributed by atoms with Gasteiger partial charge in [-0.2, -0.15) is 0 Å². The SMILES string of the molecule is CCNc1nc(-c2cccnc2)nc2ccc(-c3ccc(F)cc3F)cc12. The molecular weight excluding hydrogens is 346 g/mol. The summed E-state index contributed by atoms with van der Waals surface area (Å²) in [5.41, 5.74) is 2.51. The first kappa shape index (κ1) is 17.0. The zero-order chi connectivity index (χ0) is 18.8. The Morgan fingerprint density at radius 1 is 0.963 bits per heavy atom. The fourth-order valence-electron chi connectivity index (χ4n) is 2.95. The molecule has 0 unspecified atom stereocenters. The molecule has 0 spiro atoms. The number of hydrogen-bond acceptors (Lipinski definition) is 4. The Bertz CT molecular complexity index is 1110. The number of nitrogens with one attached hydrogen (secondary N) is 1. The summed E-state index contributed by atoms with van der Waals surface area (Å²) in [6, 6.07) is 12.7. The number of hydrogen-bond donors (Lipinski definition) is 1. The molecule has 27 heavy (non-hydrogen) atoms. The first-order valence-corrected chi connectivity index (χ1v) is 8.57. The first-order chi connectivity index (χ1) is 13.2. The highest BCUT2D eigenvalue weighted by Gasteiger charge is 2.12. The maximum Gasteiger partial charge on any atom is 0.163 e. The Morgan fingerprint density at radius 2 is 1.85 bits per heavy atom. The van der Waals surface area contributed by atoms with E-state index in [2.05, 4.69) is 20.3 Å². The van der Waals surface area contributed by atoms with Gasteiger partial charge in [-0.1, -0.05) is 6.07 Å². The average molecular weight is 362 g/mol. The van der Waals surface area contributed by atoms with Gasteiger partial charge in [0.2, 0.25) is 0 Å². The van der Waals surface area contributed by atoms with Gasteiger partial charge >= 0.3 is 0 Å². The third-order valence-electron chi connectivity index (χ3n) is 4.20. The van der Waals surface area contributed by atoms with Crippen LogP contribution in [-0.4, -0.2) is 21.5 Å². The number of fused-ring (bicyclic) bond motifs is 1. The molecule has 134 valence electrons. The van der Waals surface area contributed by atoms with Gasteiger partial charge in [0.15, 0.2) is 5.82 Å². The van der Waals surface area contributed by atoms with E-state index in [9.17, 15) is 8.78 Å². The largest absolute Gasteiger partial charge is 0.370 e. The van der Waals surface area contributed by atoms with Crippen LogP contribution in [-0.2, 0) is 0 Å². The predicted octanol–water partition coefficient (Wildman–Crippen LogP) is 5.07. The van der Waals surface area contributed by atoms with Crippen LogP contribution in [0.5, 0.6) is 0 Å². The number of halogens is 2. The highest BCUT2D eigenvalue weighted by molar-refractivity contribution is 5.94. The fraction of sp³-hybridized carbons (Fsp3) is 0.0952. The van der Waals surface area contributed by atoms with Crippen LogP contribution < -0.4 is 5.32 Å². The maximum absolute atomic E-state index is 14.2. The molecule has 0 aliphatic heterocycles. The molecule has 0 saturated heterocycles. The highest BCUT2D eigenvalue weighted by Crippen LogP contribution is 2.30. The summed E-state index contributed by atoms with van der Waals surface area (Å²) in [6.45, 7) is 2.65. The van der Waals surface area contributed by atoms with Gasteiger partial charge in [0.25, 0.3) is 0 Å². The Kier molecular flexibility index (Phi) is 4.46. The summed E-state index contributed by atoms with van der Waals surface area (Å²) in [7, 11) is 0. The van der Waals surface area contributed by atoms with Crippen LogP contribution in [0.1, 0.15) is 6.92 Å². The second-order valence-corrected chi connectivity index (χ2v) is 6.02. The molecule has 4 aromatic rings. The second-order valence-electron chi connectivity index (χ2n) is 6.02. The Labute approximate surface area is 154 Å². The molecule has 0 bridgehead atoms. The monoisotopic (exact) mass is 362 g/mol. The maximum atomic E-state index is 14.2. The van der Waals surface area contributed by atoms with Gasteiger partial charge in [0.05, 0.1) is 5.52 Å². The highest BCUT2D eigenvalue weighted by atomic mass is 19.1. The van der Waals surface area contributed by atoms with Gasteiger partial charge < -0.3 is 5.32 Å². The van der Waals surface area contributed by atoms with Gasteiger partial charge in [0.1, 0.15) is 17.5 Å². The van der Waals surface area contributed by atoms with Crippen molar-refractivity contribution in [3.63, 3.8) is 0 Å². The summed E-state index contributed by atoms with van der Waals surface area (Å²) in [5, 5.41) is 4.01. The van der Waals surface area contributed by atoms with Gasteiger partial charge in [-0.05, 0) is 48.9 Å². The number of pyridine rings is 1. The van der Waals surface area contributed by atoms with E-state index in [0.29, 0.717) is 29.3 Å². The van der Waals surface area contributed by atoms with Crippen molar-refractivity contribution in [1.82, 2.24) is 15.0 Å². The van der Waals surface area contributed by atoms with Crippen LogP contribution in [0.15, 0.2) is 60.9 Å². The lowest BCUT2D eigenvalue weighted by Crippen LogP contribution is -2.03. The van der Waals surface area contributed by atoms with E-state index in [-0.39, 0.29) is 0 Å². The van der Waals surface area contributed by atoms with Crippen molar-refractivity contribution in [3.8, 4) is 22.5 Å². The van der Waals surface area contributed by atoms with Crippen molar-refractivity contribution < 1.29 is 8.78 Å². The van der Waals surface area contributed by atoms with Crippen LogP contribution in [0, 0.1) is 11.6 Å². The topological polar surface area (TPSA) is 50.7 Å². The van der Waals surface area contributed by atoms with Gasteiger partial charge in [-0.15, -0.1) is 0 Å². The van der Waals surface area contributed by atoms with Crippen molar-refractivity contribution in [3.05, 3.63) is 72.6 Å². The van der Waals surface area contributed by atoms with Gasteiger partial charge in [-0.25, -0.2) is 18.7 Å². The normalized spacial score (nSPS) is 10.9. The Balaban J connectivity index is 1.89. The van der Waals surface area contributed by atoms with Crippen LogP contribution in [0.3, 0.4) is 0 Å². The molecule has 0 atom stereocenters. The third kappa shape index (κ3) is 3.33. The number of benzene rings is 2. The molecule has 4 nitrogen and oxygen atoms in total. The van der Waals surface area contributed by atoms with E-state index in [0.717, 1.165) is 22.5 Å². The number of nitrogens with zero attached hydrogens (tertiary/aromatic N) is 3. The Morgan fingerprint density at radius 3 is 2.59 bits per heavy atom. The molecule has 0 fully saturated rings. The molecule has 2 aromatic heterocycles. The number of aromatic nitrogens is 3. The summed E-state index contributed by atoms with van der Waals surface area (Å²) < 4.78 is 27.4. The lowest BCUT2D eigenvalue weighted by atomic mass is 10.0. The molecule has 0 amide bonds. The molecule has 0 aliphatic carbocycles.